The Morgan fingerprint density at radius 1 is 0.452 bits per heavy atom. The molecule has 1 aliphatic rings. The standard InChI is InChI=1S/C29H22O2/c30-26-21-28(22-13-5-1-6-14-22,23-15-7-2-8-16-23)29(27(26)31,24-17-9-3-10-18-24)25-19-11-4-12-20-25/h1-20H,21H2. The average molecular weight is 402 g/mol. The van der Waals surface area contributed by atoms with Gasteiger partial charge in [0.05, 0.1) is 0 Å². The van der Waals surface area contributed by atoms with E-state index in [0.29, 0.717) is 0 Å². The summed E-state index contributed by atoms with van der Waals surface area (Å²) in [5.74, 6) is -0.682. The number of ketones is 2. The van der Waals surface area contributed by atoms with Crippen LogP contribution in [0.1, 0.15) is 28.7 Å². The summed E-state index contributed by atoms with van der Waals surface area (Å²) >= 11 is 0. The van der Waals surface area contributed by atoms with Gasteiger partial charge in [0.2, 0.25) is 11.6 Å². The van der Waals surface area contributed by atoms with Gasteiger partial charge in [-0.3, -0.25) is 9.59 Å². The monoisotopic (exact) mass is 402 g/mol. The normalized spacial score (nSPS) is 16.9. The zero-order valence-corrected chi connectivity index (χ0v) is 17.1. The van der Waals surface area contributed by atoms with Crippen molar-refractivity contribution in [2.45, 2.75) is 17.3 Å². The molecule has 1 fully saturated rings. The Balaban J connectivity index is 1.99. The molecule has 0 heterocycles. The van der Waals surface area contributed by atoms with Crippen molar-refractivity contribution in [1.82, 2.24) is 0 Å². The van der Waals surface area contributed by atoms with Crippen LogP contribution in [0.4, 0.5) is 0 Å². The van der Waals surface area contributed by atoms with Crippen LogP contribution < -0.4 is 0 Å². The Morgan fingerprint density at radius 3 is 1.13 bits per heavy atom. The average Bonchev–Trinajstić information content (AvgIpc) is 3.10. The molecule has 1 saturated carbocycles. The number of benzene rings is 4. The highest BCUT2D eigenvalue weighted by atomic mass is 16.2. The first-order chi connectivity index (χ1) is 15.2. The first kappa shape index (κ1) is 19.2. The van der Waals surface area contributed by atoms with E-state index in [9.17, 15) is 9.59 Å². The van der Waals surface area contributed by atoms with Crippen molar-refractivity contribution >= 4 is 11.6 Å². The third-order valence-corrected chi connectivity index (χ3v) is 6.61. The van der Waals surface area contributed by atoms with E-state index in [1.165, 1.54) is 0 Å². The Hall–Kier alpha value is -3.78. The molecule has 0 amide bonds. The molecule has 2 nitrogen and oxygen atoms in total. The fourth-order valence-electron chi connectivity index (χ4n) is 5.40. The minimum Gasteiger partial charge on any atom is -0.291 e. The van der Waals surface area contributed by atoms with Gasteiger partial charge < -0.3 is 0 Å². The molecule has 4 aromatic rings. The molecule has 0 radical (unpaired) electrons. The summed E-state index contributed by atoms with van der Waals surface area (Å²) < 4.78 is 0. The summed E-state index contributed by atoms with van der Waals surface area (Å²) in [7, 11) is 0. The van der Waals surface area contributed by atoms with Crippen molar-refractivity contribution < 1.29 is 9.59 Å². The molecule has 0 saturated heterocycles. The first-order valence-electron chi connectivity index (χ1n) is 10.5. The third kappa shape index (κ3) is 2.65. The Morgan fingerprint density at radius 2 is 0.774 bits per heavy atom. The predicted octanol–water partition coefficient (Wildman–Crippen LogP) is 5.50. The SMILES string of the molecule is O=C1CC(c2ccccc2)(c2ccccc2)C(c2ccccc2)(c2ccccc2)C1=O. The lowest BCUT2D eigenvalue weighted by molar-refractivity contribution is -0.135. The van der Waals surface area contributed by atoms with E-state index < -0.39 is 10.8 Å². The summed E-state index contributed by atoms with van der Waals surface area (Å²) in [5.41, 5.74) is 1.59. The second-order valence-electron chi connectivity index (χ2n) is 8.05. The quantitative estimate of drug-likeness (QED) is 0.422. The maximum Gasteiger partial charge on any atom is 0.214 e. The van der Waals surface area contributed by atoms with Crippen molar-refractivity contribution in [1.29, 1.82) is 0 Å². The predicted molar refractivity (Wildman–Crippen MR) is 122 cm³/mol. The highest BCUT2D eigenvalue weighted by Crippen LogP contribution is 2.59. The lowest BCUT2D eigenvalue weighted by Gasteiger charge is -2.46. The molecule has 0 bridgehead atoms. The molecule has 0 spiro atoms. The van der Waals surface area contributed by atoms with E-state index in [-0.39, 0.29) is 18.0 Å². The van der Waals surface area contributed by atoms with Crippen LogP contribution in [-0.2, 0) is 20.4 Å². The van der Waals surface area contributed by atoms with Gasteiger partial charge in [-0.25, -0.2) is 0 Å². The summed E-state index contributed by atoms with van der Waals surface area (Å²) in [4.78, 5) is 27.4. The van der Waals surface area contributed by atoms with E-state index in [1.807, 2.05) is 121 Å². The molecule has 0 aliphatic heterocycles. The number of hydrogen-bond acceptors (Lipinski definition) is 2. The zero-order valence-electron chi connectivity index (χ0n) is 17.1. The number of carbonyl (C=O) groups excluding carboxylic acids is 2. The van der Waals surface area contributed by atoms with Crippen LogP contribution in [0.5, 0.6) is 0 Å². The molecule has 1 aliphatic carbocycles. The third-order valence-electron chi connectivity index (χ3n) is 6.61. The fraction of sp³-hybridized carbons (Fsp3) is 0.103. The van der Waals surface area contributed by atoms with Gasteiger partial charge in [-0.1, -0.05) is 121 Å². The van der Waals surface area contributed by atoms with Crippen LogP contribution >= 0.6 is 0 Å². The smallest absolute Gasteiger partial charge is 0.214 e. The number of Topliss-reactive ketones (excluding diaryl/α,β-unsaturated/α-hetero) is 2. The highest BCUT2D eigenvalue weighted by molar-refractivity contribution is 6.45. The van der Waals surface area contributed by atoms with E-state index in [2.05, 4.69) is 0 Å². The van der Waals surface area contributed by atoms with Crippen LogP contribution in [-0.4, -0.2) is 11.6 Å². The van der Waals surface area contributed by atoms with Gasteiger partial charge in [0.25, 0.3) is 0 Å². The second kappa shape index (κ2) is 7.48. The second-order valence-corrected chi connectivity index (χ2v) is 8.05. The van der Waals surface area contributed by atoms with Crippen molar-refractivity contribution in [2.24, 2.45) is 0 Å². The van der Waals surface area contributed by atoms with Gasteiger partial charge in [0.1, 0.15) is 5.41 Å². The van der Waals surface area contributed by atoms with E-state index >= 15 is 0 Å². The van der Waals surface area contributed by atoms with Crippen molar-refractivity contribution in [3.8, 4) is 0 Å². The number of carbonyl (C=O) groups is 2. The Kier molecular flexibility index (Phi) is 4.63. The Labute approximate surface area is 182 Å². The maximum absolute atomic E-state index is 14.0. The molecule has 0 N–H and O–H groups in total. The molecule has 4 aromatic carbocycles. The van der Waals surface area contributed by atoms with Crippen molar-refractivity contribution in [3.05, 3.63) is 144 Å². The van der Waals surface area contributed by atoms with Gasteiger partial charge in [-0.2, -0.15) is 0 Å². The lowest BCUT2D eigenvalue weighted by atomic mass is 9.53. The van der Waals surface area contributed by atoms with Crippen LogP contribution in [0.25, 0.3) is 0 Å². The van der Waals surface area contributed by atoms with Gasteiger partial charge in [-0.05, 0) is 22.3 Å². The molecule has 5 rings (SSSR count). The van der Waals surface area contributed by atoms with Crippen molar-refractivity contribution in [3.63, 3.8) is 0 Å². The Bertz CT molecular complexity index is 1130. The minimum absolute atomic E-state index is 0.129. The van der Waals surface area contributed by atoms with Crippen LogP contribution in [0, 0.1) is 0 Å². The lowest BCUT2D eigenvalue weighted by Crippen LogP contribution is -2.51. The summed E-state index contributed by atoms with van der Waals surface area (Å²) in [6.07, 6.45) is 0.129. The van der Waals surface area contributed by atoms with Gasteiger partial charge in [-0.15, -0.1) is 0 Å². The largest absolute Gasteiger partial charge is 0.291 e. The van der Waals surface area contributed by atoms with Crippen molar-refractivity contribution in [2.75, 3.05) is 0 Å². The molecule has 0 aromatic heterocycles. The maximum atomic E-state index is 14.0. The molecule has 150 valence electrons. The van der Waals surface area contributed by atoms with E-state index in [1.54, 1.807) is 0 Å². The number of rotatable bonds is 4. The molecule has 2 heteroatoms. The zero-order chi connectivity index (χ0) is 21.3. The van der Waals surface area contributed by atoms with E-state index in [0.717, 1.165) is 22.3 Å². The van der Waals surface area contributed by atoms with Gasteiger partial charge in [0, 0.05) is 11.8 Å². The number of hydrogen-bond donors (Lipinski definition) is 0. The van der Waals surface area contributed by atoms with Gasteiger partial charge in [0.15, 0.2) is 0 Å². The summed E-state index contributed by atoms with van der Waals surface area (Å²) in [5, 5.41) is 0. The molecular formula is C29H22O2. The van der Waals surface area contributed by atoms with E-state index in [4.69, 9.17) is 0 Å². The summed E-state index contributed by atoms with van der Waals surface area (Å²) in [6, 6.07) is 39.6. The van der Waals surface area contributed by atoms with Crippen LogP contribution in [0.15, 0.2) is 121 Å². The molecule has 0 atom stereocenters. The first-order valence-corrected chi connectivity index (χ1v) is 10.5. The minimum atomic E-state index is -1.16. The topological polar surface area (TPSA) is 34.1 Å². The molecule has 0 unspecified atom stereocenters. The molecule has 31 heavy (non-hydrogen) atoms. The fourth-order valence-corrected chi connectivity index (χ4v) is 5.40. The highest BCUT2D eigenvalue weighted by Gasteiger charge is 2.67. The van der Waals surface area contributed by atoms with Gasteiger partial charge >= 0.3 is 0 Å². The molecular weight excluding hydrogens is 380 g/mol. The van der Waals surface area contributed by atoms with Crippen LogP contribution in [0.3, 0.4) is 0 Å². The summed E-state index contributed by atoms with van der Waals surface area (Å²) in [6.45, 7) is 0. The van der Waals surface area contributed by atoms with Crippen LogP contribution in [0.2, 0.25) is 0 Å².